The van der Waals surface area contributed by atoms with E-state index in [2.05, 4.69) is 10.3 Å². The molecule has 0 aliphatic rings. The number of benzene rings is 1. The van der Waals surface area contributed by atoms with Gasteiger partial charge in [0, 0.05) is 12.5 Å². The van der Waals surface area contributed by atoms with Crippen molar-refractivity contribution in [3.8, 4) is 5.75 Å². The number of nitrogens with one attached hydrogen (secondary N) is 1. The van der Waals surface area contributed by atoms with Crippen LogP contribution >= 0.6 is 0 Å². The van der Waals surface area contributed by atoms with Crippen LogP contribution in [0.5, 0.6) is 5.75 Å². The maximum atomic E-state index is 11.3. The first kappa shape index (κ1) is 17.9. The molecule has 1 aromatic heterocycles. The van der Waals surface area contributed by atoms with Crippen LogP contribution in [0, 0.1) is 0 Å². The van der Waals surface area contributed by atoms with Gasteiger partial charge in [-0.2, -0.15) is 0 Å². The molecule has 0 aliphatic heterocycles. The van der Waals surface area contributed by atoms with E-state index < -0.39 is 6.23 Å². The van der Waals surface area contributed by atoms with Crippen LogP contribution in [-0.2, 0) is 16.1 Å². The van der Waals surface area contributed by atoms with Crippen molar-refractivity contribution < 1.29 is 14.3 Å². The molecule has 128 valence electrons. The molecule has 2 aromatic rings. The summed E-state index contributed by atoms with van der Waals surface area (Å²) in [4.78, 5) is 15.7. The molecule has 0 saturated carbocycles. The van der Waals surface area contributed by atoms with Gasteiger partial charge in [0.25, 0.3) is 0 Å². The molecule has 5 nitrogen and oxygen atoms in total. The minimum Gasteiger partial charge on any atom is -0.487 e. The number of ether oxygens (including phenoxy) is 2. The standard InChI is InChI=1S/C19H24N2O3/c1-14(22)24-18(21-19(2,3)4)17-11-10-16(12-20-17)23-13-15-8-6-5-7-9-15/h5-12,18,21H,13H2,1-4H3. The first-order valence-corrected chi connectivity index (χ1v) is 7.91. The van der Waals surface area contributed by atoms with E-state index in [-0.39, 0.29) is 11.5 Å². The molecular weight excluding hydrogens is 304 g/mol. The van der Waals surface area contributed by atoms with Gasteiger partial charge in [0.1, 0.15) is 12.4 Å². The smallest absolute Gasteiger partial charge is 0.304 e. The van der Waals surface area contributed by atoms with E-state index in [4.69, 9.17) is 9.47 Å². The maximum Gasteiger partial charge on any atom is 0.304 e. The van der Waals surface area contributed by atoms with Crippen LogP contribution in [0.4, 0.5) is 0 Å². The number of nitrogens with zero attached hydrogens (tertiary/aromatic N) is 1. The first-order valence-electron chi connectivity index (χ1n) is 7.91. The molecule has 1 aromatic carbocycles. The Morgan fingerprint density at radius 3 is 2.42 bits per heavy atom. The Bertz CT molecular complexity index is 649. The van der Waals surface area contributed by atoms with Crippen LogP contribution in [-0.4, -0.2) is 16.5 Å². The second kappa shape index (κ2) is 7.93. The van der Waals surface area contributed by atoms with Gasteiger partial charge in [-0.3, -0.25) is 15.1 Å². The van der Waals surface area contributed by atoms with Crippen molar-refractivity contribution in [3.05, 3.63) is 59.9 Å². The number of rotatable bonds is 6. The Morgan fingerprint density at radius 1 is 1.17 bits per heavy atom. The van der Waals surface area contributed by atoms with Crippen LogP contribution in [0.15, 0.2) is 48.7 Å². The van der Waals surface area contributed by atoms with E-state index in [0.29, 0.717) is 18.1 Å². The monoisotopic (exact) mass is 328 g/mol. The van der Waals surface area contributed by atoms with Crippen LogP contribution in [0.3, 0.4) is 0 Å². The summed E-state index contributed by atoms with van der Waals surface area (Å²) in [5, 5.41) is 3.23. The Morgan fingerprint density at radius 2 is 1.88 bits per heavy atom. The normalized spacial score (nSPS) is 12.5. The molecule has 0 amide bonds. The summed E-state index contributed by atoms with van der Waals surface area (Å²) in [6, 6.07) is 13.6. The van der Waals surface area contributed by atoms with E-state index in [1.165, 1.54) is 6.92 Å². The third-order valence-electron chi connectivity index (χ3n) is 3.12. The average Bonchev–Trinajstić information content (AvgIpc) is 2.52. The van der Waals surface area contributed by atoms with Gasteiger partial charge >= 0.3 is 5.97 Å². The van der Waals surface area contributed by atoms with E-state index >= 15 is 0 Å². The molecule has 1 heterocycles. The van der Waals surface area contributed by atoms with Gasteiger partial charge in [-0.05, 0) is 38.5 Å². The molecule has 2 rings (SSSR count). The van der Waals surface area contributed by atoms with E-state index in [1.807, 2.05) is 57.2 Å². The highest BCUT2D eigenvalue weighted by Crippen LogP contribution is 2.19. The Labute approximate surface area is 143 Å². The lowest BCUT2D eigenvalue weighted by Crippen LogP contribution is -2.40. The highest BCUT2D eigenvalue weighted by atomic mass is 16.6. The van der Waals surface area contributed by atoms with Gasteiger partial charge in [0.15, 0.2) is 6.23 Å². The molecule has 0 radical (unpaired) electrons. The average molecular weight is 328 g/mol. The molecule has 0 spiro atoms. The number of carbonyl (C=O) groups excluding carboxylic acids is 1. The molecule has 0 fully saturated rings. The Balaban J connectivity index is 2.03. The lowest BCUT2D eigenvalue weighted by atomic mass is 10.1. The minimum absolute atomic E-state index is 0.218. The summed E-state index contributed by atoms with van der Waals surface area (Å²) >= 11 is 0. The molecule has 24 heavy (non-hydrogen) atoms. The number of hydrogen-bond donors (Lipinski definition) is 1. The maximum absolute atomic E-state index is 11.3. The molecule has 0 aliphatic carbocycles. The lowest BCUT2D eigenvalue weighted by molar-refractivity contribution is -0.149. The van der Waals surface area contributed by atoms with Crippen molar-refractivity contribution in [3.63, 3.8) is 0 Å². The van der Waals surface area contributed by atoms with E-state index in [9.17, 15) is 4.79 Å². The third kappa shape index (κ3) is 6.01. The van der Waals surface area contributed by atoms with Crippen molar-refractivity contribution in [2.24, 2.45) is 0 Å². The van der Waals surface area contributed by atoms with E-state index in [0.717, 1.165) is 5.56 Å². The van der Waals surface area contributed by atoms with Crippen molar-refractivity contribution >= 4 is 5.97 Å². The second-order valence-electron chi connectivity index (χ2n) is 6.58. The number of pyridine rings is 1. The van der Waals surface area contributed by atoms with Crippen LogP contribution in [0.2, 0.25) is 0 Å². The Hall–Kier alpha value is -2.40. The SMILES string of the molecule is CC(=O)OC(NC(C)(C)C)c1ccc(OCc2ccccc2)cn1. The zero-order valence-corrected chi connectivity index (χ0v) is 14.6. The molecule has 1 atom stereocenters. The fraction of sp³-hybridized carbons (Fsp3) is 0.368. The fourth-order valence-corrected chi connectivity index (χ4v) is 2.10. The molecule has 5 heteroatoms. The van der Waals surface area contributed by atoms with Gasteiger partial charge in [-0.25, -0.2) is 0 Å². The highest BCUT2D eigenvalue weighted by molar-refractivity contribution is 5.66. The third-order valence-corrected chi connectivity index (χ3v) is 3.12. The van der Waals surface area contributed by atoms with Crippen LogP contribution in [0.1, 0.15) is 45.2 Å². The van der Waals surface area contributed by atoms with Gasteiger partial charge in [0.2, 0.25) is 0 Å². The summed E-state index contributed by atoms with van der Waals surface area (Å²) < 4.78 is 11.0. The van der Waals surface area contributed by atoms with Crippen LogP contribution < -0.4 is 10.1 Å². The summed E-state index contributed by atoms with van der Waals surface area (Å²) in [7, 11) is 0. The summed E-state index contributed by atoms with van der Waals surface area (Å²) in [6.45, 7) is 7.87. The van der Waals surface area contributed by atoms with Crippen molar-refractivity contribution in [2.75, 3.05) is 0 Å². The highest BCUT2D eigenvalue weighted by Gasteiger charge is 2.22. The topological polar surface area (TPSA) is 60.5 Å². The van der Waals surface area contributed by atoms with Gasteiger partial charge in [0.05, 0.1) is 11.9 Å². The number of hydrogen-bond acceptors (Lipinski definition) is 5. The van der Waals surface area contributed by atoms with Gasteiger partial charge < -0.3 is 9.47 Å². The zero-order chi connectivity index (χ0) is 17.6. The van der Waals surface area contributed by atoms with Crippen molar-refractivity contribution in [1.29, 1.82) is 0 Å². The molecule has 1 N–H and O–H groups in total. The largest absolute Gasteiger partial charge is 0.487 e. The quantitative estimate of drug-likeness (QED) is 0.648. The van der Waals surface area contributed by atoms with Gasteiger partial charge in [-0.1, -0.05) is 30.3 Å². The summed E-state index contributed by atoms with van der Waals surface area (Å²) in [5.74, 6) is 0.308. The zero-order valence-electron chi connectivity index (χ0n) is 14.6. The predicted octanol–water partition coefficient (Wildman–Crippen LogP) is 3.61. The first-order chi connectivity index (χ1) is 11.3. The van der Waals surface area contributed by atoms with Crippen molar-refractivity contribution in [2.45, 2.75) is 46.1 Å². The number of aromatic nitrogens is 1. The van der Waals surface area contributed by atoms with Gasteiger partial charge in [-0.15, -0.1) is 0 Å². The Kier molecular flexibility index (Phi) is 5.93. The molecular formula is C19H24N2O3. The molecule has 0 saturated heterocycles. The van der Waals surface area contributed by atoms with Crippen LogP contribution in [0.25, 0.3) is 0 Å². The summed E-state index contributed by atoms with van der Waals surface area (Å²) in [6.07, 6.45) is 1.05. The number of esters is 1. The lowest BCUT2D eigenvalue weighted by Gasteiger charge is -2.27. The fourth-order valence-electron chi connectivity index (χ4n) is 2.10. The summed E-state index contributed by atoms with van der Waals surface area (Å²) in [5.41, 5.74) is 1.51. The second-order valence-corrected chi connectivity index (χ2v) is 6.58. The molecule has 1 unspecified atom stereocenters. The molecule has 0 bridgehead atoms. The number of carbonyl (C=O) groups is 1. The predicted molar refractivity (Wildman–Crippen MR) is 92.4 cm³/mol. The minimum atomic E-state index is -0.592. The van der Waals surface area contributed by atoms with E-state index in [1.54, 1.807) is 12.3 Å². The van der Waals surface area contributed by atoms with Crippen molar-refractivity contribution in [1.82, 2.24) is 10.3 Å².